The number of benzene rings is 1. The van der Waals surface area contributed by atoms with Crippen molar-refractivity contribution in [2.24, 2.45) is 0 Å². The number of rotatable bonds is 1. The molecule has 0 saturated heterocycles. The second kappa shape index (κ2) is 5.19. The molecule has 19 heavy (non-hydrogen) atoms. The lowest BCUT2D eigenvalue weighted by atomic mass is 10.3. The van der Waals surface area contributed by atoms with Crippen LogP contribution in [-0.2, 0) is 4.79 Å². The molecule has 3 nitrogen and oxygen atoms in total. The van der Waals surface area contributed by atoms with Gasteiger partial charge in [0.2, 0.25) is 0 Å². The first-order valence-corrected chi connectivity index (χ1v) is 7.78. The second-order valence-corrected chi connectivity index (χ2v) is 6.49. The summed E-state index contributed by atoms with van der Waals surface area (Å²) in [6, 6.07) is 9.51. The molecule has 0 fully saturated rings. The van der Waals surface area contributed by atoms with Crippen LogP contribution in [0.15, 0.2) is 53.7 Å². The van der Waals surface area contributed by atoms with Gasteiger partial charge in [0.25, 0.3) is 5.91 Å². The molecule has 1 aliphatic rings. The van der Waals surface area contributed by atoms with Crippen molar-refractivity contribution in [3.63, 3.8) is 0 Å². The number of nitrogens with one attached hydrogen (secondary N) is 1. The van der Waals surface area contributed by atoms with Gasteiger partial charge in [-0.2, -0.15) is 0 Å². The normalized spacial score (nSPS) is 16.3. The van der Waals surface area contributed by atoms with Crippen LogP contribution in [0.2, 0.25) is 0 Å². The van der Waals surface area contributed by atoms with Gasteiger partial charge in [0, 0.05) is 11.0 Å². The number of para-hydroxylation sites is 1. The highest BCUT2D eigenvalue weighted by Gasteiger charge is 2.21. The maximum absolute atomic E-state index is 12.0. The van der Waals surface area contributed by atoms with Crippen LogP contribution in [0.25, 0.3) is 6.08 Å². The fraction of sp³-hybridized carbons (Fsp3) is 0. The average Bonchev–Trinajstić information content (AvgIpc) is 2.69. The summed E-state index contributed by atoms with van der Waals surface area (Å²) in [5.41, 5.74) is 0.844. The first kappa shape index (κ1) is 13.0. The Morgan fingerprint density at radius 2 is 2.05 bits per heavy atom. The smallest absolute Gasteiger partial charge is 0.262 e. The molecule has 0 atom stereocenters. The zero-order valence-electron chi connectivity index (χ0n) is 9.44. The molecule has 1 aromatic carbocycles. The Morgan fingerprint density at radius 1 is 1.26 bits per heavy atom. The van der Waals surface area contributed by atoms with Crippen LogP contribution in [0.3, 0.4) is 0 Å². The van der Waals surface area contributed by atoms with Crippen molar-refractivity contribution in [3.8, 4) is 0 Å². The van der Waals surface area contributed by atoms with Crippen molar-refractivity contribution in [1.82, 2.24) is 0 Å². The third kappa shape index (κ3) is 2.66. The zero-order chi connectivity index (χ0) is 13.4. The summed E-state index contributed by atoms with van der Waals surface area (Å²) >= 11 is 8.05. The summed E-state index contributed by atoms with van der Waals surface area (Å²) in [6.07, 6.45) is 1.73. The number of carbonyl (C=O) groups is 1. The summed E-state index contributed by atoms with van der Waals surface area (Å²) < 4.78 is 6.89. The molecule has 1 N–H and O–H groups in total. The molecule has 0 spiro atoms. The molecule has 2 aromatic rings. The summed E-state index contributed by atoms with van der Waals surface area (Å²) in [5.74, 6) is 0.503. The van der Waals surface area contributed by atoms with Crippen LogP contribution in [0.4, 0.5) is 5.69 Å². The largest absolute Gasteiger partial charge is 0.449 e. The Kier molecular flexibility index (Phi) is 3.56. The maximum Gasteiger partial charge on any atom is 0.262 e. The number of amides is 1. The van der Waals surface area contributed by atoms with Crippen molar-refractivity contribution in [2.45, 2.75) is 4.90 Å². The van der Waals surface area contributed by atoms with E-state index in [0.717, 1.165) is 15.1 Å². The van der Waals surface area contributed by atoms with E-state index in [-0.39, 0.29) is 5.91 Å². The van der Waals surface area contributed by atoms with Gasteiger partial charge in [0.1, 0.15) is 5.76 Å². The average molecular weight is 401 g/mol. The van der Waals surface area contributed by atoms with E-state index in [2.05, 4.69) is 37.2 Å². The van der Waals surface area contributed by atoms with E-state index in [1.165, 1.54) is 11.8 Å². The minimum Gasteiger partial charge on any atom is -0.449 e. The highest BCUT2D eigenvalue weighted by molar-refractivity contribution is 9.13. The third-order valence-electron chi connectivity index (χ3n) is 2.52. The molecule has 0 aliphatic carbocycles. The van der Waals surface area contributed by atoms with E-state index in [9.17, 15) is 4.79 Å². The Bertz CT molecular complexity index is 674. The number of fused-ring (bicyclic) bond motifs is 1. The standard InChI is InChI=1S/C13H7Br2NO2S/c14-8-5-7(18-12(8)15)6-11-13(17)16-9-3-1-2-4-10(9)19-11/h1-6H,(H,16,17)/b11-6-. The van der Waals surface area contributed by atoms with E-state index < -0.39 is 0 Å². The number of furan rings is 1. The predicted octanol–water partition coefficient (Wildman–Crippen LogP) is 4.89. The van der Waals surface area contributed by atoms with E-state index >= 15 is 0 Å². The molecule has 1 aromatic heterocycles. The number of carbonyl (C=O) groups excluding carboxylic acids is 1. The molecule has 2 heterocycles. The van der Waals surface area contributed by atoms with Crippen molar-refractivity contribution in [2.75, 3.05) is 5.32 Å². The molecule has 96 valence electrons. The third-order valence-corrected chi connectivity index (χ3v) is 5.33. The van der Waals surface area contributed by atoms with E-state index in [1.807, 2.05) is 30.3 Å². The molecule has 1 amide bonds. The lowest BCUT2D eigenvalue weighted by Gasteiger charge is -2.17. The van der Waals surface area contributed by atoms with Gasteiger partial charge in [-0.05, 0) is 50.1 Å². The Labute approximate surface area is 130 Å². The summed E-state index contributed by atoms with van der Waals surface area (Å²) in [4.78, 5) is 13.6. The fourth-order valence-electron chi connectivity index (χ4n) is 1.67. The zero-order valence-corrected chi connectivity index (χ0v) is 13.4. The fourth-order valence-corrected chi connectivity index (χ4v) is 3.21. The molecular formula is C13H7Br2NO2S. The SMILES string of the molecule is O=C1Nc2ccccc2S/C1=C\c1cc(Br)c(Br)o1. The number of thioether (sulfide) groups is 1. The van der Waals surface area contributed by atoms with Gasteiger partial charge in [-0.25, -0.2) is 0 Å². The van der Waals surface area contributed by atoms with Gasteiger partial charge in [0.15, 0.2) is 4.67 Å². The van der Waals surface area contributed by atoms with Crippen LogP contribution < -0.4 is 5.32 Å². The van der Waals surface area contributed by atoms with Crippen LogP contribution in [0.1, 0.15) is 5.76 Å². The summed E-state index contributed by atoms with van der Waals surface area (Å²) in [7, 11) is 0. The van der Waals surface area contributed by atoms with Gasteiger partial charge in [-0.15, -0.1) is 0 Å². The van der Waals surface area contributed by atoms with Crippen molar-refractivity contribution < 1.29 is 9.21 Å². The lowest BCUT2D eigenvalue weighted by molar-refractivity contribution is -0.112. The van der Waals surface area contributed by atoms with Gasteiger partial charge in [-0.1, -0.05) is 23.9 Å². The molecule has 1 aliphatic heterocycles. The number of halogens is 2. The van der Waals surface area contributed by atoms with Crippen molar-refractivity contribution >= 4 is 61.3 Å². The first-order valence-electron chi connectivity index (χ1n) is 5.38. The highest BCUT2D eigenvalue weighted by Crippen LogP contribution is 2.39. The lowest BCUT2D eigenvalue weighted by Crippen LogP contribution is -2.16. The monoisotopic (exact) mass is 399 g/mol. The first-order chi connectivity index (χ1) is 9.13. The summed E-state index contributed by atoms with van der Waals surface area (Å²) in [5, 5.41) is 2.86. The second-order valence-electron chi connectivity index (χ2n) is 3.83. The minimum absolute atomic E-state index is 0.118. The molecular weight excluding hydrogens is 394 g/mol. The molecule has 3 rings (SSSR count). The van der Waals surface area contributed by atoms with Crippen LogP contribution in [0.5, 0.6) is 0 Å². The van der Waals surface area contributed by atoms with Gasteiger partial charge in [-0.3, -0.25) is 4.79 Å². The number of hydrogen-bond donors (Lipinski definition) is 1. The maximum atomic E-state index is 12.0. The quantitative estimate of drug-likeness (QED) is 0.693. The van der Waals surface area contributed by atoms with Gasteiger partial charge in [0.05, 0.1) is 15.1 Å². The molecule has 6 heteroatoms. The van der Waals surface area contributed by atoms with Crippen molar-refractivity contribution in [1.29, 1.82) is 0 Å². The minimum atomic E-state index is -0.118. The van der Waals surface area contributed by atoms with Gasteiger partial charge < -0.3 is 9.73 Å². The van der Waals surface area contributed by atoms with Gasteiger partial charge >= 0.3 is 0 Å². The van der Waals surface area contributed by atoms with E-state index in [1.54, 1.807) is 6.08 Å². The van der Waals surface area contributed by atoms with Crippen molar-refractivity contribution in [3.05, 3.63) is 50.1 Å². The Hall–Kier alpha value is -0.980. The number of anilines is 1. The molecule has 0 radical (unpaired) electrons. The topological polar surface area (TPSA) is 42.2 Å². The predicted molar refractivity (Wildman–Crippen MR) is 83.0 cm³/mol. The van der Waals surface area contributed by atoms with E-state index in [0.29, 0.717) is 15.3 Å². The van der Waals surface area contributed by atoms with Crippen LogP contribution in [0, 0.1) is 0 Å². The number of hydrogen-bond acceptors (Lipinski definition) is 3. The molecule has 0 saturated carbocycles. The summed E-state index contributed by atoms with van der Waals surface area (Å²) in [6.45, 7) is 0. The Morgan fingerprint density at radius 3 is 2.79 bits per heavy atom. The van der Waals surface area contributed by atoms with E-state index in [4.69, 9.17) is 4.42 Å². The molecule has 0 unspecified atom stereocenters. The van der Waals surface area contributed by atoms with Crippen LogP contribution >= 0.6 is 43.6 Å². The Balaban J connectivity index is 1.96. The highest BCUT2D eigenvalue weighted by atomic mass is 79.9. The molecule has 0 bridgehead atoms. The van der Waals surface area contributed by atoms with Crippen LogP contribution in [-0.4, -0.2) is 5.91 Å².